The Labute approximate surface area is 139 Å². The second kappa shape index (κ2) is 5.78. The molecule has 1 aliphatic heterocycles. The molecule has 0 aliphatic carbocycles. The van der Waals surface area contributed by atoms with Crippen molar-refractivity contribution >= 4 is 25.8 Å². The molecule has 1 N–H and O–H groups in total. The van der Waals surface area contributed by atoms with Crippen molar-refractivity contribution in [3.63, 3.8) is 0 Å². The summed E-state index contributed by atoms with van der Waals surface area (Å²) in [6.07, 6.45) is -3.14. The molecule has 0 aromatic carbocycles. The number of nitrogens with zero attached hydrogens (tertiary/aromatic N) is 2. The van der Waals surface area contributed by atoms with Gasteiger partial charge in [0, 0.05) is 0 Å². The first-order chi connectivity index (χ1) is 10.3. The van der Waals surface area contributed by atoms with Gasteiger partial charge in [0.1, 0.15) is 12.1 Å². The topological polar surface area (TPSA) is 73.2 Å². The zero-order valence-corrected chi connectivity index (χ0v) is 14.9. The number of aromatic nitrogens is 2. The third-order valence-corrected chi connectivity index (χ3v) is 5.59. The number of hydrogen-bond acceptors (Lipinski definition) is 5. The molecule has 0 atom stereocenters. The van der Waals surface area contributed by atoms with Crippen LogP contribution in [0.2, 0.25) is 0 Å². The first-order valence-corrected chi connectivity index (χ1v) is 8.93. The molecule has 0 bridgehead atoms. The second-order valence-corrected chi connectivity index (χ2v) is 8.45. The van der Waals surface area contributed by atoms with Gasteiger partial charge in [0.2, 0.25) is 9.84 Å². The van der Waals surface area contributed by atoms with Crippen LogP contribution >= 0.6 is 15.9 Å². The number of aryl methyl sites for hydroxylation is 1. The van der Waals surface area contributed by atoms with E-state index >= 15 is 0 Å². The molecule has 0 saturated heterocycles. The second-order valence-electron chi connectivity index (χ2n) is 5.69. The van der Waals surface area contributed by atoms with Gasteiger partial charge in [-0.25, -0.2) is 8.42 Å². The average molecular weight is 418 g/mol. The van der Waals surface area contributed by atoms with E-state index in [0.29, 0.717) is 4.68 Å². The lowest BCUT2D eigenvalue weighted by molar-refractivity contribution is -0.143. The lowest BCUT2D eigenvalue weighted by Gasteiger charge is -2.12. The van der Waals surface area contributed by atoms with E-state index in [9.17, 15) is 21.6 Å². The lowest BCUT2D eigenvalue weighted by atomic mass is 10.1. The van der Waals surface area contributed by atoms with Crippen LogP contribution in [0, 0.1) is 6.92 Å². The molecular weight excluding hydrogens is 403 g/mol. The Kier molecular flexibility index (Phi) is 4.59. The SMILES string of the molecule is Cc1nn(CC(F)(F)F)c(CS(=O)(=O)C2=CC(C)(C)ON2)c1Br. The van der Waals surface area contributed by atoms with E-state index in [0.717, 1.165) is 0 Å². The van der Waals surface area contributed by atoms with Crippen molar-refractivity contribution in [2.45, 2.75) is 44.8 Å². The van der Waals surface area contributed by atoms with Crippen LogP contribution in [0.4, 0.5) is 13.2 Å². The number of alkyl halides is 3. The maximum atomic E-state index is 12.6. The highest BCUT2D eigenvalue weighted by atomic mass is 79.9. The summed E-state index contributed by atoms with van der Waals surface area (Å²) in [6, 6.07) is 0. The average Bonchev–Trinajstić information content (AvgIpc) is 2.83. The number of hydroxylamine groups is 1. The first kappa shape index (κ1) is 18.3. The molecule has 0 unspecified atom stereocenters. The van der Waals surface area contributed by atoms with Crippen LogP contribution in [-0.4, -0.2) is 30.0 Å². The lowest BCUT2D eigenvalue weighted by Crippen LogP contribution is -2.24. The summed E-state index contributed by atoms with van der Waals surface area (Å²) in [5, 5.41) is 3.57. The smallest absolute Gasteiger partial charge is 0.265 e. The molecule has 0 spiro atoms. The molecule has 1 aromatic heterocycles. The zero-order chi connectivity index (χ0) is 17.6. The van der Waals surface area contributed by atoms with Gasteiger partial charge < -0.3 is 0 Å². The molecule has 2 rings (SSSR count). The third kappa shape index (κ3) is 4.27. The van der Waals surface area contributed by atoms with Crippen molar-refractivity contribution in [3.8, 4) is 0 Å². The van der Waals surface area contributed by atoms with Crippen LogP contribution in [0.5, 0.6) is 0 Å². The highest BCUT2D eigenvalue weighted by Crippen LogP contribution is 2.29. The quantitative estimate of drug-likeness (QED) is 0.814. The standard InChI is InChI=1S/C12H15BrF3N3O3S/c1-7-10(13)8(19(17-7)6-12(14,15)16)5-23(20,21)9-4-11(2,3)22-18-9/h4,18H,5-6H2,1-3H3. The fourth-order valence-corrected chi connectivity index (χ4v) is 4.06. The number of rotatable bonds is 4. The maximum absolute atomic E-state index is 12.6. The predicted octanol–water partition coefficient (Wildman–Crippen LogP) is 2.59. The fraction of sp³-hybridized carbons (Fsp3) is 0.583. The Balaban J connectivity index is 2.36. The van der Waals surface area contributed by atoms with Crippen LogP contribution in [0.25, 0.3) is 0 Å². The van der Waals surface area contributed by atoms with Gasteiger partial charge in [-0.2, -0.15) is 18.3 Å². The number of hydrogen-bond donors (Lipinski definition) is 1. The van der Waals surface area contributed by atoms with E-state index in [2.05, 4.69) is 26.5 Å². The normalized spacial score (nSPS) is 18.0. The highest BCUT2D eigenvalue weighted by Gasteiger charge is 2.35. The van der Waals surface area contributed by atoms with Crippen molar-refractivity contribution in [1.29, 1.82) is 0 Å². The monoisotopic (exact) mass is 417 g/mol. The van der Waals surface area contributed by atoms with Crippen LogP contribution in [-0.2, 0) is 27.0 Å². The Bertz CT molecular complexity index is 754. The van der Waals surface area contributed by atoms with Gasteiger partial charge in [-0.15, -0.1) is 0 Å². The predicted molar refractivity (Wildman–Crippen MR) is 79.7 cm³/mol. The van der Waals surface area contributed by atoms with E-state index in [1.165, 1.54) is 13.0 Å². The fourth-order valence-electron chi connectivity index (χ4n) is 2.01. The number of halogens is 4. The molecule has 6 nitrogen and oxygen atoms in total. The molecule has 2 heterocycles. The number of sulfone groups is 1. The van der Waals surface area contributed by atoms with Crippen molar-refractivity contribution in [3.05, 3.63) is 27.0 Å². The van der Waals surface area contributed by atoms with Crippen molar-refractivity contribution in [2.75, 3.05) is 0 Å². The molecule has 0 fully saturated rings. The van der Waals surface area contributed by atoms with Gasteiger partial charge in [0.15, 0.2) is 5.03 Å². The van der Waals surface area contributed by atoms with Gasteiger partial charge in [0.25, 0.3) is 0 Å². The van der Waals surface area contributed by atoms with Crippen LogP contribution in [0.1, 0.15) is 25.2 Å². The van der Waals surface area contributed by atoms with Crippen LogP contribution < -0.4 is 5.48 Å². The molecule has 0 amide bonds. The zero-order valence-electron chi connectivity index (χ0n) is 12.5. The van der Waals surface area contributed by atoms with E-state index in [1.54, 1.807) is 13.8 Å². The minimum absolute atomic E-state index is 0.0627. The minimum atomic E-state index is -4.51. The highest BCUT2D eigenvalue weighted by molar-refractivity contribution is 9.10. The summed E-state index contributed by atoms with van der Waals surface area (Å²) in [6.45, 7) is 3.43. The van der Waals surface area contributed by atoms with Gasteiger partial charge in [-0.05, 0) is 42.8 Å². The first-order valence-electron chi connectivity index (χ1n) is 6.49. The summed E-state index contributed by atoms with van der Waals surface area (Å²) in [4.78, 5) is 5.09. The van der Waals surface area contributed by atoms with E-state index in [1.807, 2.05) is 0 Å². The van der Waals surface area contributed by atoms with E-state index in [4.69, 9.17) is 4.84 Å². The molecular formula is C12H15BrF3N3O3S. The van der Waals surface area contributed by atoms with Crippen molar-refractivity contribution in [2.24, 2.45) is 0 Å². The van der Waals surface area contributed by atoms with Gasteiger partial charge in [-0.3, -0.25) is 15.0 Å². The summed E-state index contributed by atoms with van der Waals surface area (Å²) < 4.78 is 63.6. The van der Waals surface area contributed by atoms with Crippen molar-refractivity contribution < 1.29 is 26.4 Å². The minimum Gasteiger partial charge on any atom is -0.265 e. The Morgan fingerprint density at radius 3 is 2.52 bits per heavy atom. The molecule has 23 heavy (non-hydrogen) atoms. The molecule has 0 radical (unpaired) electrons. The summed E-state index contributed by atoms with van der Waals surface area (Å²) in [5.41, 5.74) is 1.71. The molecule has 1 aliphatic rings. The molecule has 1 aromatic rings. The van der Waals surface area contributed by atoms with E-state index in [-0.39, 0.29) is 20.9 Å². The van der Waals surface area contributed by atoms with Gasteiger partial charge >= 0.3 is 6.18 Å². The van der Waals surface area contributed by atoms with Crippen LogP contribution in [0.15, 0.2) is 15.6 Å². The maximum Gasteiger partial charge on any atom is 0.408 e. The molecule has 130 valence electrons. The van der Waals surface area contributed by atoms with Crippen LogP contribution in [0.3, 0.4) is 0 Å². The number of nitrogens with one attached hydrogen (secondary N) is 1. The van der Waals surface area contributed by atoms with Crippen molar-refractivity contribution in [1.82, 2.24) is 15.3 Å². The molecule has 11 heteroatoms. The molecule has 0 saturated carbocycles. The van der Waals surface area contributed by atoms with E-state index < -0.39 is 33.9 Å². The Hall–Kier alpha value is -1.07. The summed E-state index contributed by atoms with van der Waals surface area (Å²) in [7, 11) is -3.90. The Morgan fingerprint density at radius 1 is 1.43 bits per heavy atom. The summed E-state index contributed by atoms with van der Waals surface area (Å²) >= 11 is 3.11. The van der Waals surface area contributed by atoms with Gasteiger partial charge in [-0.1, -0.05) is 0 Å². The third-order valence-electron chi connectivity index (χ3n) is 3.04. The summed E-state index contributed by atoms with van der Waals surface area (Å²) in [5.74, 6) is -0.636. The van der Waals surface area contributed by atoms with Gasteiger partial charge in [0.05, 0.1) is 21.6 Å². The Morgan fingerprint density at radius 2 is 2.04 bits per heavy atom. The largest absolute Gasteiger partial charge is 0.408 e.